The van der Waals surface area contributed by atoms with Crippen LogP contribution in [-0.2, 0) is 4.79 Å². The van der Waals surface area contributed by atoms with Gasteiger partial charge in [0.25, 0.3) is 5.91 Å². The molecule has 1 aliphatic rings. The summed E-state index contributed by atoms with van der Waals surface area (Å²) < 4.78 is 6.17. The van der Waals surface area contributed by atoms with Crippen LogP contribution >= 0.6 is 15.9 Å². The van der Waals surface area contributed by atoms with Crippen molar-refractivity contribution < 1.29 is 9.53 Å². The zero-order chi connectivity index (χ0) is 15.5. The van der Waals surface area contributed by atoms with E-state index in [1.807, 2.05) is 42.5 Å². The van der Waals surface area contributed by atoms with Crippen LogP contribution in [-0.4, -0.2) is 24.9 Å². The van der Waals surface area contributed by atoms with Gasteiger partial charge in [-0.25, -0.2) is 0 Å². The molecule has 0 aliphatic carbocycles. The van der Waals surface area contributed by atoms with Crippen LogP contribution in [0, 0.1) is 0 Å². The maximum absolute atomic E-state index is 11.9. The molecule has 0 bridgehead atoms. The number of amides is 1. The monoisotopic (exact) mass is 357 g/mol. The maximum Gasteiger partial charge on any atom is 0.276 e. The highest BCUT2D eigenvalue weighted by Crippen LogP contribution is 2.23. The number of carbonyl (C=O) groups is 1. The first-order chi connectivity index (χ1) is 10.7. The van der Waals surface area contributed by atoms with Gasteiger partial charge in [-0.2, -0.15) is 5.10 Å². The maximum atomic E-state index is 11.9. The average Bonchev–Trinajstić information content (AvgIpc) is 2.83. The van der Waals surface area contributed by atoms with Crippen LogP contribution in [0.1, 0.15) is 11.1 Å². The van der Waals surface area contributed by atoms with E-state index in [-0.39, 0.29) is 5.91 Å². The Morgan fingerprint density at radius 3 is 2.86 bits per heavy atom. The van der Waals surface area contributed by atoms with Gasteiger partial charge in [-0.15, -0.1) is 5.10 Å². The molecule has 0 fully saturated rings. The van der Waals surface area contributed by atoms with Crippen molar-refractivity contribution in [3.05, 3.63) is 58.1 Å². The lowest BCUT2D eigenvalue weighted by molar-refractivity contribution is -0.110. The summed E-state index contributed by atoms with van der Waals surface area (Å²) in [5.41, 5.74) is 2.58. The molecule has 0 spiro atoms. The number of halogens is 1. The van der Waals surface area contributed by atoms with Crippen molar-refractivity contribution >= 4 is 39.5 Å². The summed E-state index contributed by atoms with van der Waals surface area (Å²) in [6.45, 7) is 0. The number of carbonyl (C=O) groups excluding carboxylic acids is 1. The Labute approximate surface area is 135 Å². The van der Waals surface area contributed by atoms with E-state index in [4.69, 9.17) is 4.74 Å². The van der Waals surface area contributed by atoms with Crippen molar-refractivity contribution in [3.8, 4) is 5.75 Å². The van der Waals surface area contributed by atoms with Crippen molar-refractivity contribution in [1.82, 2.24) is 0 Å². The van der Waals surface area contributed by atoms with Gasteiger partial charge in [-0.05, 0) is 24.3 Å². The quantitative estimate of drug-likeness (QED) is 0.676. The normalized spacial score (nSPS) is 15.2. The zero-order valence-electron chi connectivity index (χ0n) is 11.7. The molecule has 3 rings (SSSR count). The Hall–Kier alpha value is -2.47. The topological polar surface area (TPSA) is 63.1 Å². The lowest BCUT2D eigenvalue weighted by Gasteiger charge is -2.03. The standard InChI is InChI=1S/C16H12BrN3O2/c1-22-14-7-6-11(17)8-10(14)9-18-20-15-12-4-2-3-5-13(12)19-16(15)21/h2-9H,1H3,(H,19,20,21)/b18-9-. The zero-order valence-corrected chi connectivity index (χ0v) is 13.3. The second kappa shape index (κ2) is 6.11. The van der Waals surface area contributed by atoms with Crippen molar-refractivity contribution in [2.45, 2.75) is 0 Å². The van der Waals surface area contributed by atoms with Crippen molar-refractivity contribution in [3.63, 3.8) is 0 Å². The van der Waals surface area contributed by atoms with Gasteiger partial charge >= 0.3 is 0 Å². The fourth-order valence-corrected chi connectivity index (χ4v) is 2.54. The molecule has 22 heavy (non-hydrogen) atoms. The van der Waals surface area contributed by atoms with E-state index in [1.54, 1.807) is 13.3 Å². The molecule has 1 amide bonds. The number of ether oxygens (including phenoxy) is 1. The van der Waals surface area contributed by atoms with Gasteiger partial charge in [0.05, 0.1) is 19.0 Å². The lowest BCUT2D eigenvalue weighted by Crippen LogP contribution is -2.13. The van der Waals surface area contributed by atoms with E-state index >= 15 is 0 Å². The number of para-hydroxylation sites is 1. The summed E-state index contributed by atoms with van der Waals surface area (Å²) in [7, 11) is 1.59. The number of fused-ring (bicyclic) bond motifs is 1. The van der Waals surface area contributed by atoms with Crippen LogP contribution in [0.4, 0.5) is 5.69 Å². The van der Waals surface area contributed by atoms with E-state index in [9.17, 15) is 4.79 Å². The highest BCUT2D eigenvalue weighted by atomic mass is 79.9. The molecule has 0 saturated carbocycles. The number of anilines is 1. The van der Waals surface area contributed by atoms with Crippen LogP contribution in [0.15, 0.2) is 57.1 Å². The Morgan fingerprint density at radius 1 is 1.23 bits per heavy atom. The van der Waals surface area contributed by atoms with Gasteiger partial charge in [-0.3, -0.25) is 4.79 Å². The minimum atomic E-state index is -0.250. The first kappa shape index (κ1) is 14.5. The summed E-state index contributed by atoms with van der Waals surface area (Å²) in [5.74, 6) is 0.433. The fraction of sp³-hybridized carbons (Fsp3) is 0.0625. The first-order valence-electron chi connectivity index (χ1n) is 6.54. The lowest BCUT2D eigenvalue weighted by atomic mass is 10.1. The van der Waals surface area contributed by atoms with E-state index in [0.29, 0.717) is 11.5 Å². The molecular formula is C16H12BrN3O2. The molecule has 2 aromatic rings. The van der Waals surface area contributed by atoms with Crippen LogP contribution < -0.4 is 10.1 Å². The minimum Gasteiger partial charge on any atom is -0.496 e. The number of rotatable bonds is 3. The second-order valence-corrected chi connectivity index (χ2v) is 5.49. The number of hydrogen-bond acceptors (Lipinski definition) is 4. The molecular weight excluding hydrogens is 346 g/mol. The van der Waals surface area contributed by atoms with Crippen LogP contribution in [0.2, 0.25) is 0 Å². The molecule has 0 radical (unpaired) electrons. The summed E-state index contributed by atoms with van der Waals surface area (Å²) in [6, 6.07) is 13.0. The van der Waals surface area contributed by atoms with Crippen molar-refractivity contribution in [1.29, 1.82) is 0 Å². The van der Waals surface area contributed by atoms with Crippen LogP contribution in [0.25, 0.3) is 0 Å². The molecule has 0 atom stereocenters. The van der Waals surface area contributed by atoms with Crippen molar-refractivity contribution in [2.24, 2.45) is 10.2 Å². The van der Waals surface area contributed by atoms with Crippen molar-refractivity contribution in [2.75, 3.05) is 12.4 Å². The Balaban J connectivity index is 1.91. The number of nitrogens with one attached hydrogen (secondary N) is 1. The SMILES string of the molecule is COc1ccc(Br)cc1/C=N\N=C1/C(=O)Nc2ccccc21. The highest BCUT2D eigenvalue weighted by molar-refractivity contribution is 9.10. The average molecular weight is 358 g/mol. The predicted octanol–water partition coefficient (Wildman–Crippen LogP) is 3.23. The fourth-order valence-electron chi connectivity index (χ4n) is 2.16. The minimum absolute atomic E-state index is 0.250. The Bertz CT molecular complexity index is 800. The third-order valence-corrected chi connectivity index (χ3v) is 3.69. The van der Waals surface area contributed by atoms with Gasteiger partial charge in [-0.1, -0.05) is 34.1 Å². The largest absolute Gasteiger partial charge is 0.496 e. The summed E-state index contributed by atoms with van der Waals surface area (Å²) in [5, 5.41) is 10.8. The van der Waals surface area contributed by atoms with E-state index < -0.39 is 0 Å². The molecule has 1 aliphatic heterocycles. The molecule has 0 saturated heterocycles. The third-order valence-electron chi connectivity index (χ3n) is 3.19. The molecule has 1 N–H and O–H groups in total. The van der Waals surface area contributed by atoms with Gasteiger partial charge in [0.1, 0.15) is 5.75 Å². The smallest absolute Gasteiger partial charge is 0.276 e. The van der Waals surface area contributed by atoms with E-state index in [0.717, 1.165) is 21.3 Å². The third kappa shape index (κ3) is 2.78. The second-order valence-electron chi connectivity index (χ2n) is 4.58. The number of methoxy groups -OCH3 is 1. The Morgan fingerprint density at radius 2 is 2.05 bits per heavy atom. The Kier molecular flexibility index (Phi) is 4.02. The van der Waals surface area contributed by atoms with Crippen LogP contribution in [0.5, 0.6) is 5.75 Å². The van der Waals surface area contributed by atoms with E-state index in [1.165, 1.54) is 0 Å². The van der Waals surface area contributed by atoms with Crippen LogP contribution in [0.3, 0.4) is 0 Å². The summed E-state index contributed by atoms with van der Waals surface area (Å²) in [4.78, 5) is 11.9. The number of benzene rings is 2. The molecule has 2 aromatic carbocycles. The van der Waals surface area contributed by atoms with Gasteiger partial charge in [0.15, 0.2) is 5.71 Å². The molecule has 5 nitrogen and oxygen atoms in total. The highest BCUT2D eigenvalue weighted by Gasteiger charge is 2.25. The predicted molar refractivity (Wildman–Crippen MR) is 89.9 cm³/mol. The number of nitrogens with zero attached hydrogens (tertiary/aromatic N) is 2. The van der Waals surface area contributed by atoms with Gasteiger partial charge < -0.3 is 10.1 Å². The molecule has 1 heterocycles. The van der Waals surface area contributed by atoms with E-state index in [2.05, 4.69) is 31.4 Å². The summed E-state index contributed by atoms with van der Waals surface area (Å²) in [6.07, 6.45) is 1.56. The molecule has 6 heteroatoms. The molecule has 110 valence electrons. The molecule has 0 aromatic heterocycles. The van der Waals surface area contributed by atoms with Gasteiger partial charge in [0.2, 0.25) is 0 Å². The first-order valence-corrected chi connectivity index (χ1v) is 7.33. The van der Waals surface area contributed by atoms with Gasteiger partial charge in [0, 0.05) is 15.6 Å². The summed E-state index contributed by atoms with van der Waals surface area (Å²) >= 11 is 3.40. The molecule has 0 unspecified atom stereocenters. The number of hydrogen-bond donors (Lipinski definition) is 1.